The van der Waals surface area contributed by atoms with Crippen LogP contribution in [-0.2, 0) is 17.9 Å². The van der Waals surface area contributed by atoms with E-state index >= 15 is 0 Å². The molecule has 1 fully saturated rings. The molecule has 1 aliphatic carbocycles. The Labute approximate surface area is 209 Å². The number of benzene rings is 2. The Balaban J connectivity index is 1.63. The first-order valence-electron chi connectivity index (χ1n) is 12.0. The summed E-state index contributed by atoms with van der Waals surface area (Å²) in [6, 6.07) is 13.0. The van der Waals surface area contributed by atoms with Gasteiger partial charge in [0, 0.05) is 23.0 Å². The van der Waals surface area contributed by atoms with Crippen molar-refractivity contribution >= 4 is 34.3 Å². The lowest BCUT2D eigenvalue weighted by Gasteiger charge is -2.44. The molecule has 0 radical (unpaired) electrons. The van der Waals surface area contributed by atoms with E-state index in [2.05, 4.69) is 5.32 Å². The number of methoxy groups -OCH3 is 2. The van der Waals surface area contributed by atoms with Crippen LogP contribution in [-0.4, -0.2) is 47.1 Å². The van der Waals surface area contributed by atoms with Crippen LogP contribution in [0, 0.1) is 0 Å². The Kier molecular flexibility index (Phi) is 6.13. The van der Waals surface area contributed by atoms with Crippen LogP contribution < -0.4 is 14.8 Å². The van der Waals surface area contributed by atoms with Crippen molar-refractivity contribution in [1.29, 1.82) is 0 Å². The normalized spacial score (nSPS) is 20.2. The number of fused-ring (bicyclic) bond motifs is 3. The third kappa shape index (κ3) is 4.01. The van der Waals surface area contributed by atoms with Crippen molar-refractivity contribution in [2.75, 3.05) is 14.2 Å². The molecule has 1 N–H and O–H groups in total. The lowest BCUT2D eigenvalue weighted by Crippen LogP contribution is -2.64. The van der Waals surface area contributed by atoms with E-state index in [-0.39, 0.29) is 17.9 Å². The third-order valence-corrected chi connectivity index (χ3v) is 7.63. The molecule has 1 aliphatic heterocycles. The number of aromatic nitrogens is 1. The number of rotatable bonds is 6. The van der Waals surface area contributed by atoms with E-state index in [1.807, 2.05) is 41.8 Å². The van der Waals surface area contributed by atoms with Gasteiger partial charge in [0.15, 0.2) is 0 Å². The molecule has 1 unspecified atom stereocenters. The van der Waals surface area contributed by atoms with E-state index < -0.39 is 5.54 Å². The van der Waals surface area contributed by atoms with Gasteiger partial charge in [-0.15, -0.1) is 0 Å². The van der Waals surface area contributed by atoms with Gasteiger partial charge in [0.05, 0.1) is 26.3 Å². The second-order valence-corrected chi connectivity index (χ2v) is 10.0. The van der Waals surface area contributed by atoms with Crippen molar-refractivity contribution in [2.45, 2.75) is 57.3 Å². The van der Waals surface area contributed by atoms with Crippen molar-refractivity contribution < 1.29 is 19.1 Å². The minimum absolute atomic E-state index is 0.138. The predicted octanol–water partition coefficient (Wildman–Crippen LogP) is 4.79. The van der Waals surface area contributed by atoms with E-state index in [0.717, 1.165) is 42.1 Å². The first-order chi connectivity index (χ1) is 16.9. The van der Waals surface area contributed by atoms with Crippen LogP contribution in [0.3, 0.4) is 0 Å². The van der Waals surface area contributed by atoms with Gasteiger partial charge in [-0.3, -0.25) is 9.59 Å². The molecule has 7 nitrogen and oxygen atoms in total. The van der Waals surface area contributed by atoms with E-state index in [1.54, 1.807) is 31.3 Å². The fourth-order valence-corrected chi connectivity index (χ4v) is 5.51. The zero-order valence-electron chi connectivity index (χ0n) is 20.3. The van der Waals surface area contributed by atoms with Crippen LogP contribution in [0.4, 0.5) is 0 Å². The maximum absolute atomic E-state index is 14.0. The summed E-state index contributed by atoms with van der Waals surface area (Å²) in [5.74, 6) is 0.929. The number of hydrogen-bond donors (Lipinski definition) is 1. The number of hydrogen-bond acceptors (Lipinski definition) is 4. The number of halogens is 1. The fraction of sp³-hybridized carbons (Fsp3) is 0.407. The van der Waals surface area contributed by atoms with Crippen LogP contribution in [0.25, 0.3) is 10.9 Å². The molecule has 2 aliphatic rings. The largest absolute Gasteiger partial charge is 0.496 e. The number of ether oxygens (including phenoxy) is 2. The molecule has 35 heavy (non-hydrogen) atoms. The molecule has 5 rings (SSSR count). The Hall–Kier alpha value is -3.19. The van der Waals surface area contributed by atoms with E-state index in [4.69, 9.17) is 21.1 Å². The SMILES string of the molecule is COc1ccc(OC)c2c1cc1n2CC(C)(C(=O)NC2CCCC2)N(Cc2ccc(Cl)cc2)C1=O. The molecule has 2 heterocycles. The van der Waals surface area contributed by atoms with Gasteiger partial charge in [0.2, 0.25) is 5.91 Å². The number of carbonyl (C=O) groups is 2. The number of amides is 2. The summed E-state index contributed by atoms with van der Waals surface area (Å²) in [6.07, 6.45) is 4.16. The number of carbonyl (C=O) groups excluding carboxylic acids is 2. The summed E-state index contributed by atoms with van der Waals surface area (Å²) in [6.45, 7) is 2.44. The molecule has 0 saturated heterocycles. The van der Waals surface area contributed by atoms with Gasteiger partial charge < -0.3 is 24.3 Å². The third-order valence-electron chi connectivity index (χ3n) is 7.38. The molecule has 3 aromatic rings. The van der Waals surface area contributed by atoms with Crippen molar-refractivity contribution in [3.63, 3.8) is 0 Å². The van der Waals surface area contributed by atoms with Gasteiger partial charge in [-0.2, -0.15) is 0 Å². The summed E-state index contributed by atoms with van der Waals surface area (Å²) < 4.78 is 13.1. The fourth-order valence-electron chi connectivity index (χ4n) is 5.39. The lowest BCUT2D eigenvalue weighted by atomic mass is 9.93. The maximum Gasteiger partial charge on any atom is 0.271 e. The van der Waals surface area contributed by atoms with Gasteiger partial charge in [-0.05, 0) is 55.7 Å². The zero-order chi connectivity index (χ0) is 24.7. The average molecular weight is 496 g/mol. The monoisotopic (exact) mass is 495 g/mol. The van der Waals surface area contributed by atoms with Gasteiger partial charge in [-0.25, -0.2) is 0 Å². The molecule has 184 valence electrons. The summed E-state index contributed by atoms with van der Waals surface area (Å²) in [5.41, 5.74) is 1.05. The highest BCUT2D eigenvalue weighted by Crippen LogP contribution is 2.40. The highest BCUT2D eigenvalue weighted by Gasteiger charge is 2.48. The van der Waals surface area contributed by atoms with Crippen LogP contribution in [0.15, 0.2) is 42.5 Å². The Bertz CT molecular complexity index is 1280. The molecule has 2 amide bonds. The van der Waals surface area contributed by atoms with E-state index in [0.29, 0.717) is 35.3 Å². The molecule has 8 heteroatoms. The van der Waals surface area contributed by atoms with Crippen LogP contribution in [0.1, 0.15) is 48.7 Å². The number of nitrogens with one attached hydrogen (secondary N) is 1. The maximum atomic E-state index is 14.0. The molecular formula is C27H30ClN3O4. The summed E-state index contributed by atoms with van der Waals surface area (Å²) in [7, 11) is 3.20. The molecule has 2 aromatic carbocycles. The highest BCUT2D eigenvalue weighted by atomic mass is 35.5. The van der Waals surface area contributed by atoms with Crippen LogP contribution in [0.5, 0.6) is 11.5 Å². The Morgan fingerprint density at radius 3 is 2.40 bits per heavy atom. The molecule has 0 spiro atoms. The molecular weight excluding hydrogens is 466 g/mol. The van der Waals surface area contributed by atoms with Gasteiger partial charge >= 0.3 is 0 Å². The quantitative estimate of drug-likeness (QED) is 0.534. The first kappa shape index (κ1) is 23.5. The second-order valence-electron chi connectivity index (χ2n) is 9.59. The minimum Gasteiger partial charge on any atom is -0.496 e. The van der Waals surface area contributed by atoms with Gasteiger partial charge in [-0.1, -0.05) is 36.6 Å². The Morgan fingerprint density at radius 2 is 1.74 bits per heavy atom. The standard InChI is InChI=1S/C27H30ClN3O4/c1-27(26(33)29-19-6-4-5-7-19)16-30-21(14-20-22(34-2)12-13-23(35-3)24(20)30)25(32)31(27)15-17-8-10-18(28)11-9-17/h8-14,19H,4-7,15-16H2,1-3H3,(H,29,33). The molecule has 0 bridgehead atoms. The van der Waals surface area contributed by atoms with E-state index in [9.17, 15) is 9.59 Å². The zero-order valence-corrected chi connectivity index (χ0v) is 21.0. The molecule has 1 saturated carbocycles. The topological polar surface area (TPSA) is 72.8 Å². The summed E-state index contributed by atoms with van der Waals surface area (Å²) in [4.78, 5) is 29.5. The highest BCUT2D eigenvalue weighted by molar-refractivity contribution is 6.30. The first-order valence-corrected chi connectivity index (χ1v) is 12.3. The van der Waals surface area contributed by atoms with E-state index in [1.165, 1.54) is 0 Å². The van der Waals surface area contributed by atoms with Crippen molar-refractivity contribution in [2.24, 2.45) is 0 Å². The molecule has 1 atom stereocenters. The second kappa shape index (κ2) is 9.11. The van der Waals surface area contributed by atoms with Crippen LogP contribution in [0.2, 0.25) is 5.02 Å². The lowest BCUT2D eigenvalue weighted by molar-refractivity contribution is -0.133. The predicted molar refractivity (Wildman–Crippen MR) is 135 cm³/mol. The summed E-state index contributed by atoms with van der Waals surface area (Å²) in [5, 5.41) is 4.64. The van der Waals surface area contributed by atoms with Crippen molar-refractivity contribution in [3.05, 3.63) is 58.7 Å². The van der Waals surface area contributed by atoms with Crippen molar-refractivity contribution in [3.8, 4) is 11.5 Å². The van der Waals surface area contributed by atoms with Gasteiger partial charge in [0.1, 0.15) is 22.7 Å². The van der Waals surface area contributed by atoms with Gasteiger partial charge in [0.25, 0.3) is 5.91 Å². The molecule has 1 aromatic heterocycles. The smallest absolute Gasteiger partial charge is 0.271 e. The van der Waals surface area contributed by atoms with Crippen LogP contribution >= 0.6 is 11.6 Å². The minimum atomic E-state index is -1.10. The Morgan fingerprint density at radius 1 is 1.09 bits per heavy atom. The van der Waals surface area contributed by atoms with Crippen molar-refractivity contribution in [1.82, 2.24) is 14.8 Å². The summed E-state index contributed by atoms with van der Waals surface area (Å²) >= 11 is 6.08. The number of nitrogens with zero attached hydrogens (tertiary/aromatic N) is 2. The average Bonchev–Trinajstić information content (AvgIpc) is 3.50.